The molecule has 4 rings (SSSR count). The highest BCUT2D eigenvalue weighted by molar-refractivity contribution is 6.35. The molecule has 5 heteroatoms. The third-order valence-corrected chi connectivity index (χ3v) is 4.86. The van der Waals surface area contributed by atoms with Gasteiger partial charge in [-0.15, -0.1) is 0 Å². The van der Waals surface area contributed by atoms with Gasteiger partial charge in [0.2, 0.25) is 0 Å². The second-order valence-electron chi connectivity index (χ2n) is 6.94. The highest BCUT2D eigenvalue weighted by Crippen LogP contribution is 2.34. The molecule has 0 atom stereocenters. The van der Waals surface area contributed by atoms with Crippen LogP contribution in [0, 0.1) is 5.82 Å². The largest absolute Gasteiger partial charge is 0.337 e. The molecule has 1 N–H and O–H groups in total. The predicted octanol–water partition coefficient (Wildman–Crippen LogP) is 4.59. The van der Waals surface area contributed by atoms with Crippen LogP contribution in [0.25, 0.3) is 11.6 Å². The van der Waals surface area contributed by atoms with Gasteiger partial charge in [-0.1, -0.05) is 54.6 Å². The van der Waals surface area contributed by atoms with Crippen LogP contribution in [-0.4, -0.2) is 23.8 Å². The van der Waals surface area contributed by atoms with E-state index in [9.17, 15) is 14.0 Å². The first-order valence-electron chi connectivity index (χ1n) is 9.24. The normalized spacial score (nSPS) is 13.9. The van der Waals surface area contributed by atoms with E-state index in [1.165, 1.54) is 12.1 Å². The van der Waals surface area contributed by atoms with Gasteiger partial charge >= 0.3 is 0 Å². The van der Waals surface area contributed by atoms with Gasteiger partial charge in [0.05, 0.1) is 0 Å². The van der Waals surface area contributed by atoms with Gasteiger partial charge in [-0.3, -0.25) is 9.59 Å². The first kappa shape index (κ1) is 18.6. The number of nitrogens with zero attached hydrogens (tertiary/aromatic N) is 1. The molecule has 0 saturated carbocycles. The smallest absolute Gasteiger partial charge is 0.256 e. The highest BCUT2D eigenvalue weighted by atomic mass is 19.1. The van der Waals surface area contributed by atoms with Gasteiger partial charge in [-0.05, 0) is 29.8 Å². The second kappa shape index (κ2) is 7.72. The summed E-state index contributed by atoms with van der Waals surface area (Å²) in [5.41, 5.74) is 3.44. The summed E-state index contributed by atoms with van der Waals surface area (Å²) >= 11 is 0. The van der Waals surface area contributed by atoms with Crippen molar-refractivity contribution in [1.29, 1.82) is 0 Å². The fraction of sp³-hybridized carbons (Fsp3) is 0.0833. The molecule has 1 aliphatic rings. The summed E-state index contributed by atoms with van der Waals surface area (Å²) in [6, 6.07) is 21.1. The third kappa shape index (κ3) is 3.80. The number of amides is 2. The van der Waals surface area contributed by atoms with E-state index >= 15 is 0 Å². The van der Waals surface area contributed by atoms with E-state index in [-0.39, 0.29) is 11.8 Å². The van der Waals surface area contributed by atoms with Crippen LogP contribution >= 0.6 is 0 Å². The minimum absolute atomic E-state index is 0.141. The minimum Gasteiger partial charge on any atom is -0.337 e. The van der Waals surface area contributed by atoms with Gasteiger partial charge in [-0.25, -0.2) is 4.39 Å². The van der Waals surface area contributed by atoms with E-state index in [1.807, 2.05) is 30.3 Å². The standard InChI is InChI=1S/C24H19FN2O2/c1-27(15-16-7-3-2-4-8-16)24(29)18-11-12-19-20(23(28)26-22(19)14-18)13-17-9-5-6-10-21(17)25/h2-14H,15H2,1H3,(H,26,28)/b20-13+. The number of halogens is 1. The van der Waals surface area contributed by atoms with Crippen molar-refractivity contribution in [3.63, 3.8) is 0 Å². The lowest BCUT2D eigenvalue weighted by Gasteiger charge is -2.17. The van der Waals surface area contributed by atoms with E-state index in [1.54, 1.807) is 48.3 Å². The number of rotatable bonds is 4. The van der Waals surface area contributed by atoms with Gasteiger partial charge in [-0.2, -0.15) is 0 Å². The lowest BCUT2D eigenvalue weighted by molar-refractivity contribution is -0.110. The van der Waals surface area contributed by atoms with Gasteiger partial charge in [0.15, 0.2) is 0 Å². The van der Waals surface area contributed by atoms with Gasteiger partial charge in [0.1, 0.15) is 5.82 Å². The van der Waals surface area contributed by atoms with E-state index in [2.05, 4.69) is 5.32 Å². The molecule has 29 heavy (non-hydrogen) atoms. The Labute approximate surface area is 168 Å². The Hall–Kier alpha value is -3.73. The average molecular weight is 386 g/mol. The van der Waals surface area contributed by atoms with Gasteiger partial charge < -0.3 is 10.2 Å². The van der Waals surface area contributed by atoms with E-state index in [0.29, 0.717) is 34.5 Å². The number of hydrogen-bond acceptors (Lipinski definition) is 2. The molecule has 3 aromatic rings. The summed E-state index contributed by atoms with van der Waals surface area (Å²) < 4.78 is 14.0. The molecular formula is C24H19FN2O2. The average Bonchev–Trinajstić information content (AvgIpc) is 3.04. The van der Waals surface area contributed by atoms with Gasteiger partial charge in [0.25, 0.3) is 11.8 Å². The molecule has 0 bridgehead atoms. The zero-order valence-electron chi connectivity index (χ0n) is 15.9. The molecule has 0 unspecified atom stereocenters. The monoisotopic (exact) mass is 386 g/mol. The highest BCUT2D eigenvalue weighted by Gasteiger charge is 2.26. The van der Waals surface area contributed by atoms with Crippen LogP contribution in [0.2, 0.25) is 0 Å². The first-order valence-corrected chi connectivity index (χ1v) is 9.24. The van der Waals surface area contributed by atoms with E-state index < -0.39 is 5.82 Å². The molecule has 3 aromatic carbocycles. The zero-order chi connectivity index (χ0) is 20.4. The Balaban J connectivity index is 1.60. The Kier molecular flexibility index (Phi) is 4.96. The molecule has 1 heterocycles. The summed E-state index contributed by atoms with van der Waals surface area (Å²) in [7, 11) is 1.74. The number of carbonyl (C=O) groups excluding carboxylic acids is 2. The Morgan fingerprint density at radius 3 is 2.52 bits per heavy atom. The van der Waals surface area contributed by atoms with Crippen molar-refractivity contribution in [2.45, 2.75) is 6.54 Å². The third-order valence-electron chi connectivity index (χ3n) is 4.86. The molecule has 0 aliphatic carbocycles. The fourth-order valence-corrected chi connectivity index (χ4v) is 3.37. The van der Waals surface area contributed by atoms with Gasteiger partial charge in [0, 0.05) is 41.5 Å². The number of nitrogens with one attached hydrogen (secondary N) is 1. The summed E-state index contributed by atoms with van der Waals surface area (Å²) in [6.07, 6.45) is 1.53. The van der Waals surface area contributed by atoms with Crippen molar-refractivity contribution in [1.82, 2.24) is 4.90 Å². The van der Waals surface area contributed by atoms with Crippen LogP contribution in [0.1, 0.15) is 27.0 Å². The van der Waals surface area contributed by atoms with Crippen LogP contribution in [0.4, 0.5) is 10.1 Å². The van der Waals surface area contributed by atoms with Crippen LogP contribution in [0.3, 0.4) is 0 Å². The molecule has 0 radical (unpaired) electrons. The molecule has 0 saturated heterocycles. The maximum absolute atomic E-state index is 14.0. The number of carbonyl (C=O) groups is 2. The minimum atomic E-state index is -0.393. The first-order chi connectivity index (χ1) is 14.0. The molecular weight excluding hydrogens is 367 g/mol. The number of fused-ring (bicyclic) bond motifs is 1. The van der Waals surface area contributed by atoms with Crippen molar-refractivity contribution in [2.75, 3.05) is 12.4 Å². The fourth-order valence-electron chi connectivity index (χ4n) is 3.37. The van der Waals surface area contributed by atoms with Crippen molar-refractivity contribution >= 4 is 29.2 Å². The van der Waals surface area contributed by atoms with E-state index in [0.717, 1.165) is 5.56 Å². The Bertz CT molecular complexity index is 1120. The van der Waals surface area contributed by atoms with Crippen LogP contribution < -0.4 is 5.32 Å². The zero-order valence-corrected chi connectivity index (χ0v) is 15.9. The molecule has 2 amide bonds. The Morgan fingerprint density at radius 2 is 1.76 bits per heavy atom. The quantitative estimate of drug-likeness (QED) is 0.667. The second-order valence-corrected chi connectivity index (χ2v) is 6.94. The number of anilines is 1. The van der Waals surface area contributed by atoms with E-state index in [4.69, 9.17) is 0 Å². The predicted molar refractivity (Wildman–Crippen MR) is 112 cm³/mol. The van der Waals surface area contributed by atoms with Crippen LogP contribution in [-0.2, 0) is 11.3 Å². The van der Waals surface area contributed by atoms with Crippen molar-refractivity contribution < 1.29 is 14.0 Å². The lowest BCUT2D eigenvalue weighted by Crippen LogP contribution is -2.26. The van der Waals surface area contributed by atoms with Crippen LogP contribution in [0.5, 0.6) is 0 Å². The summed E-state index contributed by atoms with van der Waals surface area (Å²) in [6.45, 7) is 0.488. The topological polar surface area (TPSA) is 49.4 Å². The Morgan fingerprint density at radius 1 is 1.03 bits per heavy atom. The molecule has 0 aromatic heterocycles. The van der Waals surface area contributed by atoms with Crippen molar-refractivity contribution in [3.8, 4) is 0 Å². The molecule has 4 nitrogen and oxygen atoms in total. The van der Waals surface area contributed by atoms with Crippen molar-refractivity contribution in [3.05, 3.63) is 101 Å². The summed E-state index contributed by atoms with van der Waals surface area (Å²) in [5, 5.41) is 2.77. The molecule has 144 valence electrons. The lowest BCUT2D eigenvalue weighted by atomic mass is 10.0. The summed E-state index contributed by atoms with van der Waals surface area (Å²) in [4.78, 5) is 26.8. The van der Waals surface area contributed by atoms with Crippen molar-refractivity contribution in [2.24, 2.45) is 0 Å². The SMILES string of the molecule is CN(Cc1ccccc1)C(=O)c1ccc2c(c1)NC(=O)/C2=C/c1ccccc1F. The number of benzene rings is 3. The van der Waals surface area contributed by atoms with Crippen LogP contribution in [0.15, 0.2) is 72.8 Å². The molecule has 1 aliphatic heterocycles. The number of hydrogen-bond donors (Lipinski definition) is 1. The summed E-state index contributed by atoms with van der Waals surface area (Å²) in [5.74, 6) is -0.849. The molecule has 0 spiro atoms. The maximum atomic E-state index is 14.0. The molecule has 0 fully saturated rings. The maximum Gasteiger partial charge on any atom is 0.256 e.